The maximum absolute atomic E-state index is 10.8. The molecule has 0 N–H and O–H groups in total. The van der Waals surface area contributed by atoms with E-state index in [9.17, 15) is 8.42 Å². The van der Waals surface area contributed by atoms with Gasteiger partial charge in [-0.25, -0.2) is 0 Å². The second-order valence-electron chi connectivity index (χ2n) is 4.30. The van der Waals surface area contributed by atoms with E-state index < -0.39 is 10.1 Å². The van der Waals surface area contributed by atoms with Crippen molar-refractivity contribution in [1.29, 1.82) is 0 Å². The summed E-state index contributed by atoms with van der Waals surface area (Å²) in [7, 11) is -3.26. The summed E-state index contributed by atoms with van der Waals surface area (Å²) in [5.74, 6) is 1.10. The predicted molar refractivity (Wildman–Crippen MR) is 61.1 cm³/mol. The molecular weight excluding hydrogens is 212 g/mol. The molecule has 3 nitrogen and oxygen atoms in total. The first kappa shape index (κ1) is 12.7. The zero-order valence-corrected chi connectivity index (χ0v) is 10.3. The zero-order chi connectivity index (χ0) is 11.3. The Morgan fingerprint density at radius 1 is 1.27 bits per heavy atom. The molecule has 0 spiro atoms. The van der Waals surface area contributed by atoms with Crippen LogP contribution >= 0.6 is 0 Å². The molecule has 0 radical (unpaired) electrons. The van der Waals surface area contributed by atoms with Crippen LogP contribution in [0.2, 0.25) is 0 Å². The van der Waals surface area contributed by atoms with Crippen LogP contribution in [0.1, 0.15) is 32.6 Å². The molecule has 1 rings (SSSR count). The van der Waals surface area contributed by atoms with Gasteiger partial charge in [-0.05, 0) is 44.4 Å². The quantitative estimate of drug-likeness (QED) is 0.552. The number of hydrogen-bond donors (Lipinski definition) is 0. The van der Waals surface area contributed by atoms with Crippen molar-refractivity contribution in [3.8, 4) is 0 Å². The van der Waals surface area contributed by atoms with E-state index in [0.29, 0.717) is 18.4 Å². The normalized spacial score (nSPS) is 28.4. The van der Waals surface area contributed by atoms with Gasteiger partial charge in [0.05, 0.1) is 12.9 Å². The molecule has 0 aromatic carbocycles. The van der Waals surface area contributed by atoms with E-state index in [-0.39, 0.29) is 0 Å². The molecule has 0 heterocycles. The minimum absolute atomic E-state index is 0.362. The molecule has 0 bridgehead atoms. The summed E-state index contributed by atoms with van der Waals surface area (Å²) in [5.41, 5.74) is 0. The van der Waals surface area contributed by atoms with Gasteiger partial charge < -0.3 is 0 Å². The van der Waals surface area contributed by atoms with Crippen molar-refractivity contribution in [2.45, 2.75) is 32.6 Å². The molecule has 15 heavy (non-hydrogen) atoms. The molecule has 1 aliphatic carbocycles. The lowest BCUT2D eigenvalue weighted by Gasteiger charge is -2.26. The first-order valence-electron chi connectivity index (χ1n) is 5.48. The second kappa shape index (κ2) is 5.66. The van der Waals surface area contributed by atoms with Gasteiger partial charge in [-0.1, -0.05) is 12.2 Å². The van der Waals surface area contributed by atoms with Crippen molar-refractivity contribution in [2.24, 2.45) is 11.8 Å². The standard InChI is InChI=1S/C11H20O3S/c1-3-4-10-5-7-11(8-6-10)9-14-15(2,12)13/h3-4,10-11H,5-9H2,1-2H3/b4-3+. The van der Waals surface area contributed by atoms with Crippen LogP contribution in [-0.2, 0) is 14.3 Å². The van der Waals surface area contributed by atoms with E-state index in [1.165, 1.54) is 0 Å². The molecular formula is C11H20O3S. The second-order valence-corrected chi connectivity index (χ2v) is 5.94. The van der Waals surface area contributed by atoms with Gasteiger partial charge in [-0.2, -0.15) is 8.42 Å². The van der Waals surface area contributed by atoms with E-state index in [4.69, 9.17) is 4.18 Å². The van der Waals surface area contributed by atoms with Crippen molar-refractivity contribution in [1.82, 2.24) is 0 Å². The highest BCUT2D eigenvalue weighted by atomic mass is 32.2. The summed E-state index contributed by atoms with van der Waals surface area (Å²) < 4.78 is 26.4. The number of hydrogen-bond acceptors (Lipinski definition) is 3. The van der Waals surface area contributed by atoms with E-state index in [2.05, 4.69) is 12.2 Å². The van der Waals surface area contributed by atoms with Crippen molar-refractivity contribution in [3.63, 3.8) is 0 Å². The molecule has 1 saturated carbocycles. The zero-order valence-electron chi connectivity index (χ0n) is 9.48. The van der Waals surface area contributed by atoms with Crippen LogP contribution in [-0.4, -0.2) is 21.3 Å². The van der Waals surface area contributed by atoms with Gasteiger partial charge in [0.1, 0.15) is 0 Å². The average molecular weight is 232 g/mol. The van der Waals surface area contributed by atoms with Gasteiger partial charge >= 0.3 is 0 Å². The van der Waals surface area contributed by atoms with E-state index in [1.54, 1.807) is 0 Å². The summed E-state index contributed by atoms with van der Waals surface area (Å²) in [5, 5.41) is 0. The van der Waals surface area contributed by atoms with Gasteiger partial charge in [0.2, 0.25) is 0 Å². The Balaban J connectivity index is 2.26. The summed E-state index contributed by atoms with van der Waals surface area (Å²) in [4.78, 5) is 0. The van der Waals surface area contributed by atoms with Crippen molar-refractivity contribution in [3.05, 3.63) is 12.2 Å². The molecule has 0 unspecified atom stereocenters. The van der Waals surface area contributed by atoms with Crippen LogP contribution in [0.4, 0.5) is 0 Å². The smallest absolute Gasteiger partial charge is 0.264 e. The fourth-order valence-electron chi connectivity index (χ4n) is 2.04. The molecule has 0 aromatic rings. The van der Waals surface area contributed by atoms with Crippen LogP contribution in [0.15, 0.2) is 12.2 Å². The highest BCUT2D eigenvalue weighted by Crippen LogP contribution is 2.29. The Hall–Kier alpha value is -0.350. The Labute approximate surface area is 92.6 Å². The van der Waals surface area contributed by atoms with Crippen molar-refractivity contribution >= 4 is 10.1 Å². The number of allylic oxidation sites excluding steroid dienone is 2. The van der Waals surface area contributed by atoms with Gasteiger partial charge in [0.25, 0.3) is 10.1 Å². The monoisotopic (exact) mass is 232 g/mol. The molecule has 0 aromatic heterocycles. The van der Waals surface area contributed by atoms with Gasteiger partial charge in [0, 0.05) is 0 Å². The maximum atomic E-state index is 10.8. The van der Waals surface area contributed by atoms with Crippen LogP contribution in [0, 0.1) is 11.8 Å². The molecule has 88 valence electrons. The summed E-state index contributed by atoms with van der Waals surface area (Å²) in [6.07, 6.45) is 9.91. The lowest BCUT2D eigenvalue weighted by atomic mass is 9.82. The van der Waals surface area contributed by atoms with Crippen molar-refractivity contribution in [2.75, 3.05) is 12.9 Å². The Bertz CT molecular complexity index is 298. The molecule has 4 heteroatoms. The minimum atomic E-state index is -3.26. The molecule has 1 fully saturated rings. The fraction of sp³-hybridized carbons (Fsp3) is 0.818. The molecule has 0 atom stereocenters. The summed E-state index contributed by atoms with van der Waals surface area (Å²) >= 11 is 0. The predicted octanol–water partition coefficient (Wildman–Crippen LogP) is 2.35. The molecule has 0 aliphatic heterocycles. The van der Waals surface area contributed by atoms with Crippen LogP contribution in [0.25, 0.3) is 0 Å². The van der Waals surface area contributed by atoms with Crippen molar-refractivity contribution < 1.29 is 12.6 Å². The van der Waals surface area contributed by atoms with Gasteiger partial charge in [-0.3, -0.25) is 4.18 Å². The largest absolute Gasteiger partial charge is 0.270 e. The third-order valence-electron chi connectivity index (χ3n) is 2.87. The summed E-state index contributed by atoms with van der Waals surface area (Å²) in [6, 6.07) is 0. The minimum Gasteiger partial charge on any atom is -0.270 e. The first-order valence-corrected chi connectivity index (χ1v) is 7.30. The van der Waals surface area contributed by atoms with E-state index in [0.717, 1.165) is 31.9 Å². The lowest BCUT2D eigenvalue weighted by Crippen LogP contribution is -2.19. The fourth-order valence-corrected chi connectivity index (χ4v) is 2.48. The highest BCUT2D eigenvalue weighted by molar-refractivity contribution is 7.85. The van der Waals surface area contributed by atoms with E-state index in [1.807, 2.05) is 6.92 Å². The third-order valence-corrected chi connectivity index (χ3v) is 3.44. The number of rotatable bonds is 4. The first-order chi connectivity index (χ1) is 7.01. The average Bonchev–Trinajstić information content (AvgIpc) is 2.16. The SMILES string of the molecule is C/C=C/C1CCC(COS(C)(=O)=O)CC1. The maximum Gasteiger partial charge on any atom is 0.264 e. The van der Waals surface area contributed by atoms with E-state index >= 15 is 0 Å². The van der Waals surface area contributed by atoms with Crippen LogP contribution < -0.4 is 0 Å². The van der Waals surface area contributed by atoms with Crippen LogP contribution in [0.3, 0.4) is 0 Å². The van der Waals surface area contributed by atoms with Crippen LogP contribution in [0.5, 0.6) is 0 Å². The third kappa shape index (κ3) is 5.33. The van der Waals surface area contributed by atoms with Gasteiger partial charge in [0.15, 0.2) is 0 Å². The highest BCUT2D eigenvalue weighted by Gasteiger charge is 2.20. The molecule has 1 aliphatic rings. The molecule has 0 amide bonds. The summed E-state index contributed by atoms with van der Waals surface area (Å²) in [6.45, 7) is 2.40. The Kier molecular flexibility index (Phi) is 4.80. The lowest BCUT2D eigenvalue weighted by molar-refractivity contribution is 0.200. The Morgan fingerprint density at radius 2 is 1.87 bits per heavy atom. The topological polar surface area (TPSA) is 43.4 Å². The Morgan fingerprint density at radius 3 is 2.33 bits per heavy atom. The van der Waals surface area contributed by atoms with Gasteiger partial charge in [-0.15, -0.1) is 0 Å². The molecule has 0 saturated heterocycles.